The van der Waals surface area contributed by atoms with E-state index in [4.69, 9.17) is 10.5 Å². The molecule has 1 saturated heterocycles. The highest BCUT2D eigenvalue weighted by atomic mass is 79.9. The molecule has 2 heterocycles. The molecule has 2 N–H and O–H groups in total. The lowest BCUT2D eigenvalue weighted by Crippen LogP contribution is -2.48. The van der Waals surface area contributed by atoms with Crippen molar-refractivity contribution in [1.29, 1.82) is 0 Å². The Morgan fingerprint density at radius 1 is 1.21 bits per heavy atom. The van der Waals surface area contributed by atoms with E-state index in [-0.39, 0.29) is 30.2 Å². The molecule has 0 radical (unpaired) electrons. The Kier molecular flexibility index (Phi) is 7.09. The van der Waals surface area contributed by atoms with Crippen LogP contribution in [0.1, 0.15) is 18.4 Å². The fourth-order valence-corrected chi connectivity index (χ4v) is 5.61. The van der Waals surface area contributed by atoms with Crippen LogP contribution < -0.4 is 15.4 Å². The number of anilines is 1. The first-order valence-electron chi connectivity index (χ1n) is 10.6. The molecule has 0 atom stereocenters. The fraction of sp³-hybridized carbons (Fsp3) is 0.292. The Morgan fingerprint density at radius 3 is 2.61 bits per heavy atom. The predicted molar refractivity (Wildman–Crippen MR) is 132 cm³/mol. The number of halogens is 1. The van der Waals surface area contributed by atoms with Crippen LogP contribution in [0, 0.1) is 5.92 Å². The van der Waals surface area contributed by atoms with Gasteiger partial charge in [0.15, 0.2) is 0 Å². The molecule has 0 aliphatic carbocycles. The summed E-state index contributed by atoms with van der Waals surface area (Å²) < 4.78 is 6.07. The Bertz CT molecular complexity index is 1130. The minimum absolute atomic E-state index is 0.0543. The van der Waals surface area contributed by atoms with Gasteiger partial charge in [-0.1, -0.05) is 30.0 Å². The van der Waals surface area contributed by atoms with Crippen LogP contribution in [-0.4, -0.2) is 49.4 Å². The van der Waals surface area contributed by atoms with Gasteiger partial charge in [0.1, 0.15) is 12.3 Å². The third kappa shape index (κ3) is 5.09. The number of primary amides is 1. The summed E-state index contributed by atoms with van der Waals surface area (Å²) in [7, 11) is 1.60. The number of likely N-dealkylation sites (tertiary alicyclic amines) is 1. The summed E-state index contributed by atoms with van der Waals surface area (Å²) in [6, 6.07) is 13.2. The van der Waals surface area contributed by atoms with Gasteiger partial charge >= 0.3 is 0 Å². The van der Waals surface area contributed by atoms with Crippen LogP contribution in [0.4, 0.5) is 5.69 Å². The van der Waals surface area contributed by atoms with Gasteiger partial charge in [-0.25, -0.2) is 0 Å². The molecule has 0 unspecified atom stereocenters. The van der Waals surface area contributed by atoms with E-state index in [9.17, 15) is 14.4 Å². The van der Waals surface area contributed by atoms with Gasteiger partial charge in [0, 0.05) is 23.9 Å². The number of fused-ring (bicyclic) bond motifs is 1. The molecule has 4 rings (SSSR count). The molecule has 2 aliphatic rings. The van der Waals surface area contributed by atoms with Crippen molar-refractivity contribution in [1.82, 2.24) is 4.90 Å². The first kappa shape index (κ1) is 23.4. The van der Waals surface area contributed by atoms with E-state index in [0.29, 0.717) is 36.6 Å². The number of nitrogens with zero attached hydrogens (tertiary/aromatic N) is 2. The first-order chi connectivity index (χ1) is 15.9. The summed E-state index contributed by atoms with van der Waals surface area (Å²) in [6.07, 6.45) is 2.93. The second-order valence-corrected chi connectivity index (χ2v) is 9.86. The number of benzene rings is 2. The normalized spacial score (nSPS) is 17.8. The number of methoxy groups -OCH3 is 1. The van der Waals surface area contributed by atoms with Crippen molar-refractivity contribution in [3.8, 4) is 5.75 Å². The maximum atomic E-state index is 13.4. The second-order valence-electron chi connectivity index (χ2n) is 7.92. The average molecular weight is 530 g/mol. The Labute approximate surface area is 205 Å². The van der Waals surface area contributed by atoms with Gasteiger partial charge in [-0.05, 0) is 64.7 Å². The molecular weight excluding hydrogens is 506 g/mol. The maximum absolute atomic E-state index is 13.4. The minimum Gasteiger partial charge on any atom is -0.496 e. The molecule has 2 aliphatic heterocycles. The van der Waals surface area contributed by atoms with Gasteiger partial charge in [0.2, 0.25) is 11.8 Å². The predicted octanol–water partition coefficient (Wildman–Crippen LogP) is 3.66. The summed E-state index contributed by atoms with van der Waals surface area (Å²) >= 11 is 4.87. The van der Waals surface area contributed by atoms with Gasteiger partial charge in [0.25, 0.3) is 5.91 Å². The zero-order valence-corrected chi connectivity index (χ0v) is 20.5. The molecular formula is C24H24BrN3O4S. The standard InChI is InChI=1S/C24H24BrN3O4S/c1-32-19-7-6-15(12-17(19)25)13-21-24(31)28(18-4-2-3-5-20(18)33-21)14-22(29)27-10-8-16(9-11-27)23(26)30/h2-7,12-13,16H,8-11,14H2,1H3,(H2,26,30)/b21-13-. The molecule has 0 bridgehead atoms. The second kappa shape index (κ2) is 10.0. The SMILES string of the molecule is COc1ccc(/C=C2\Sc3ccccc3N(CC(=O)N3CCC(C(N)=O)CC3)C2=O)cc1Br. The Morgan fingerprint density at radius 2 is 1.94 bits per heavy atom. The quantitative estimate of drug-likeness (QED) is 0.596. The molecule has 0 aromatic heterocycles. The molecule has 9 heteroatoms. The number of piperidine rings is 1. The highest BCUT2D eigenvalue weighted by Gasteiger charge is 2.33. The van der Waals surface area contributed by atoms with Crippen molar-refractivity contribution in [2.24, 2.45) is 11.7 Å². The van der Waals surface area contributed by atoms with Crippen molar-refractivity contribution in [2.45, 2.75) is 17.7 Å². The van der Waals surface area contributed by atoms with Gasteiger partial charge in [-0.3, -0.25) is 19.3 Å². The molecule has 2 aromatic rings. The molecule has 33 heavy (non-hydrogen) atoms. The Balaban J connectivity index is 1.57. The lowest BCUT2D eigenvalue weighted by atomic mass is 9.96. The van der Waals surface area contributed by atoms with Gasteiger partial charge in [0.05, 0.1) is 22.2 Å². The van der Waals surface area contributed by atoms with Crippen LogP contribution >= 0.6 is 27.7 Å². The first-order valence-corrected chi connectivity index (χ1v) is 12.2. The molecule has 2 aromatic carbocycles. The zero-order valence-electron chi connectivity index (χ0n) is 18.1. The van der Waals surface area contributed by atoms with Crippen molar-refractivity contribution in [3.05, 3.63) is 57.4 Å². The number of para-hydroxylation sites is 1. The number of thioether (sulfide) groups is 1. The van der Waals surface area contributed by atoms with Crippen LogP contribution in [0.5, 0.6) is 5.75 Å². The molecule has 7 nitrogen and oxygen atoms in total. The average Bonchev–Trinajstić information content (AvgIpc) is 2.81. The smallest absolute Gasteiger partial charge is 0.265 e. The number of rotatable bonds is 5. The summed E-state index contributed by atoms with van der Waals surface area (Å²) in [4.78, 5) is 42.6. The summed E-state index contributed by atoms with van der Waals surface area (Å²) in [6.45, 7) is 0.877. The van der Waals surface area contributed by atoms with Crippen molar-refractivity contribution >= 4 is 57.2 Å². The van der Waals surface area contributed by atoms with Gasteiger partial charge in [-0.15, -0.1) is 0 Å². The number of carbonyl (C=O) groups is 3. The number of ether oxygens (including phenoxy) is 1. The van der Waals surface area contributed by atoms with Crippen LogP contribution in [0.15, 0.2) is 56.7 Å². The monoisotopic (exact) mass is 529 g/mol. The summed E-state index contributed by atoms with van der Waals surface area (Å²) in [5, 5.41) is 0. The van der Waals surface area contributed by atoms with E-state index >= 15 is 0 Å². The molecule has 0 saturated carbocycles. The van der Waals surface area contributed by atoms with Gasteiger partial charge in [-0.2, -0.15) is 0 Å². The number of hydrogen-bond donors (Lipinski definition) is 1. The maximum Gasteiger partial charge on any atom is 0.265 e. The number of hydrogen-bond acceptors (Lipinski definition) is 5. The highest BCUT2D eigenvalue weighted by Crippen LogP contribution is 2.42. The van der Waals surface area contributed by atoms with Crippen LogP contribution in [0.2, 0.25) is 0 Å². The highest BCUT2D eigenvalue weighted by molar-refractivity contribution is 9.10. The van der Waals surface area contributed by atoms with E-state index in [0.717, 1.165) is 20.6 Å². The number of nitrogens with two attached hydrogens (primary N) is 1. The minimum atomic E-state index is -0.320. The largest absolute Gasteiger partial charge is 0.496 e. The molecule has 172 valence electrons. The lowest BCUT2D eigenvalue weighted by molar-refractivity contribution is -0.134. The van der Waals surface area contributed by atoms with E-state index in [1.165, 1.54) is 11.8 Å². The van der Waals surface area contributed by atoms with Crippen LogP contribution in [0.3, 0.4) is 0 Å². The number of carbonyl (C=O) groups excluding carboxylic acids is 3. The number of amides is 3. The van der Waals surface area contributed by atoms with Crippen molar-refractivity contribution in [2.75, 3.05) is 31.6 Å². The summed E-state index contributed by atoms with van der Waals surface area (Å²) in [5.41, 5.74) is 6.97. The van der Waals surface area contributed by atoms with Crippen molar-refractivity contribution < 1.29 is 19.1 Å². The fourth-order valence-electron chi connectivity index (χ4n) is 3.99. The van der Waals surface area contributed by atoms with E-state index in [1.807, 2.05) is 48.5 Å². The topological polar surface area (TPSA) is 92.9 Å². The van der Waals surface area contributed by atoms with Crippen molar-refractivity contribution in [3.63, 3.8) is 0 Å². The van der Waals surface area contributed by atoms with Crippen LogP contribution in [0.25, 0.3) is 6.08 Å². The zero-order chi connectivity index (χ0) is 23.5. The molecule has 3 amide bonds. The van der Waals surface area contributed by atoms with Crippen LogP contribution in [-0.2, 0) is 14.4 Å². The van der Waals surface area contributed by atoms with E-state index in [1.54, 1.807) is 16.9 Å². The summed E-state index contributed by atoms with van der Waals surface area (Å²) in [5.74, 6) is -0.164. The third-order valence-corrected chi connectivity index (χ3v) is 7.55. The Hall–Kier alpha value is -2.78. The third-order valence-electron chi connectivity index (χ3n) is 5.85. The van der Waals surface area contributed by atoms with Gasteiger partial charge < -0.3 is 15.4 Å². The molecule has 1 fully saturated rings. The van der Waals surface area contributed by atoms with E-state index < -0.39 is 0 Å². The lowest BCUT2D eigenvalue weighted by Gasteiger charge is -2.34. The van der Waals surface area contributed by atoms with E-state index in [2.05, 4.69) is 15.9 Å². The molecule has 0 spiro atoms.